The van der Waals surface area contributed by atoms with E-state index < -0.39 is 18.0 Å². The predicted octanol–water partition coefficient (Wildman–Crippen LogP) is 5.13. The molecule has 158 valence electrons. The Morgan fingerprint density at radius 3 is 2.45 bits per heavy atom. The summed E-state index contributed by atoms with van der Waals surface area (Å²) in [6, 6.07) is 19.9. The van der Waals surface area contributed by atoms with Gasteiger partial charge in [0.2, 0.25) is 0 Å². The van der Waals surface area contributed by atoms with Crippen LogP contribution in [-0.4, -0.2) is 24.2 Å². The van der Waals surface area contributed by atoms with Crippen molar-refractivity contribution >= 4 is 41.3 Å². The molecule has 0 aliphatic heterocycles. The van der Waals surface area contributed by atoms with Crippen LogP contribution in [0.2, 0.25) is 10.0 Å². The van der Waals surface area contributed by atoms with Gasteiger partial charge in [-0.1, -0.05) is 41.4 Å². The van der Waals surface area contributed by atoms with Gasteiger partial charge in [-0.15, -0.1) is 0 Å². The van der Waals surface area contributed by atoms with E-state index in [9.17, 15) is 9.59 Å². The lowest BCUT2D eigenvalue weighted by molar-refractivity contribution is -0.127. The van der Waals surface area contributed by atoms with E-state index >= 15 is 0 Å². The molecule has 0 radical (unpaired) electrons. The molecule has 1 amide bonds. The van der Waals surface area contributed by atoms with Gasteiger partial charge in [-0.25, -0.2) is 10.2 Å². The van der Waals surface area contributed by atoms with Crippen LogP contribution in [0.3, 0.4) is 0 Å². The average molecular weight is 457 g/mol. The number of halogens is 2. The molecule has 0 saturated carbocycles. The number of benzene rings is 3. The van der Waals surface area contributed by atoms with Crippen molar-refractivity contribution in [3.05, 3.63) is 94.0 Å². The van der Waals surface area contributed by atoms with Crippen LogP contribution in [0.15, 0.2) is 77.9 Å². The van der Waals surface area contributed by atoms with E-state index in [1.807, 2.05) is 0 Å². The Morgan fingerprint density at radius 2 is 1.71 bits per heavy atom. The summed E-state index contributed by atoms with van der Waals surface area (Å²) in [5, 5.41) is 4.96. The van der Waals surface area contributed by atoms with Gasteiger partial charge in [0, 0.05) is 15.6 Å². The van der Waals surface area contributed by atoms with Crippen LogP contribution in [0, 0.1) is 0 Å². The van der Waals surface area contributed by atoms with Gasteiger partial charge in [0.1, 0.15) is 11.5 Å². The van der Waals surface area contributed by atoms with Gasteiger partial charge in [-0.2, -0.15) is 5.10 Å². The van der Waals surface area contributed by atoms with Crippen LogP contribution in [0.1, 0.15) is 22.8 Å². The van der Waals surface area contributed by atoms with Crippen molar-refractivity contribution in [3.8, 4) is 11.5 Å². The Labute approximate surface area is 189 Å². The highest BCUT2D eigenvalue weighted by molar-refractivity contribution is 6.31. The summed E-state index contributed by atoms with van der Waals surface area (Å²) in [6.07, 6.45) is 0.586. The van der Waals surface area contributed by atoms with Gasteiger partial charge >= 0.3 is 5.97 Å². The van der Waals surface area contributed by atoms with Gasteiger partial charge in [0.25, 0.3) is 5.91 Å². The Balaban J connectivity index is 1.61. The highest BCUT2D eigenvalue weighted by Crippen LogP contribution is 2.19. The van der Waals surface area contributed by atoms with Gasteiger partial charge in [0.15, 0.2) is 6.10 Å². The summed E-state index contributed by atoms with van der Waals surface area (Å²) >= 11 is 11.8. The number of amides is 1. The van der Waals surface area contributed by atoms with Crippen molar-refractivity contribution in [2.24, 2.45) is 5.10 Å². The van der Waals surface area contributed by atoms with Crippen LogP contribution in [-0.2, 0) is 4.79 Å². The number of nitrogens with zero attached hydrogens (tertiary/aromatic N) is 1. The number of carbonyl (C=O) groups excluding carboxylic acids is 2. The minimum absolute atomic E-state index is 0.295. The van der Waals surface area contributed by atoms with E-state index in [1.54, 1.807) is 79.7 Å². The van der Waals surface area contributed by atoms with Crippen molar-refractivity contribution < 1.29 is 19.1 Å². The Hall–Kier alpha value is -3.35. The third-order valence-electron chi connectivity index (χ3n) is 4.06. The quantitative estimate of drug-likeness (QED) is 0.231. The number of hydrogen-bond donors (Lipinski definition) is 1. The van der Waals surface area contributed by atoms with Crippen molar-refractivity contribution in [1.29, 1.82) is 0 Å². The van der Waals surface area contributed by atoms with Gasteiger partial charge in [-0.3, -0.25) is 4.79 Å². The molecule has 1 N–H and O–H groups in total. The predicted molar refractivity (Wildman–Crippen MR) is 120 cm³/mol. The molecular formula is C23H18Cl2N2O4. The maximum absolute atomic E-state index is 12.3. The standard InChI is InChI=1S/C23H18Cl2N2O4/c1-15(30-20-7-4-6-19(25)13-20)22(28)27-26-14-17-5-2-3-8-21(17)31-23(29)16-9-11-18(24)12-10-16/h2-15H,1H3,(H,27,28)/b26-14-/t15-/m1/s1. The second kappa shape index (κ2) is 10.6. The van der Waals surface area contributed by atoms with Gasteiger partial charge in [-0.05, 0) is 61.5 Å². The number of hydrazone groups is 1. The van der Waals surface area contributed by atoms with Crippen molar-refractivity contribution in [3.63, 3.8) is 0 Å². The first-order chi connectivity index (χ1) is 14.9. The first kappa shape index (κ1) is 22.3. The summed E-state index contributed by atoms with van der Waals surface area (Å²) in [4.78, 5) is 24.6. The van der Waals surface area contributed by atoms with Crippen molar-refractivity contribution in [1.82, 2.24) is 5.43 Å². The maximum Gasteiger partial charge on any atom is 0.343 e. The molecule has 0 saturated heterocycles. The molecule has 0 aliphatic rings. The zero-order chi connectivity index (χ0) is 22.2. The summed E-state index contributed by atoms with van der Waals surface area (Å²) in [5.74, 6) is -0.223. The zero-order valence-corrected chi connectivity index (χ0v) is 17.9. The molecule has 8 heteroatoms. The third kappa shape index (κ3) is 6.57. The fraction of sp³-hybridized carbons (Fsp3) is 0.0870. The lowest BCUT2D eigenvalue weighted by Gasteiger charge is -2.13. The van der Waals surface area contributed by atoms with Crippen LogP contribution in [0.25, 0.3) is 0 Å². The lowest BCUT2D eigenvalue weighted by atomic mass is 10.2. The second-order valence-corrected chi connectivity index (χ2v) is 7.26. The van der Waals surface area contributed by atoms with Crippen LogP contribution < -0.4 is 14.9 Å². The highest BCUT2D eigenvalue weighted by atomic mass is 35.5. The first-order valence-electron chi connectivity index (χ1n) is 9.24. The SMILES string of the molecule is C[C@@H](Oc1cccc(Cl)c1)C(=O)N/N=C\c1ccccc1OC(=O)c1ccc(Cl)cc1. The minimum atomic E-state index is -0.798. The number of nitrogens with one attached hydrogen (secondary N) is 1. The molecule has 0 unspecified atom stereocenters. The van der Waals surface area contributed by atoms with Crippen molar-refractivity contribution in [2.75, 3.05) is 0 Å². The van der Waals surface area contributed by atoms with Crippen molar-refractivity contribution in [2.45, 2.75) is 13.0 Å². The molecule has 3 rings (SSSR count). The molecule has 3 aromatic rings. The van der Waals surface area contributed by atoms with Crippen LogP contribution >= 0.6 is 23.2 Å². The number of esters is 1. The summed E-state index contributed by atoms with van der Waals surface area (Å²) in [7, 11) is 0. The summed E-state index contributed by atoms with van der Waals surface area (Å²) in [6.45, 7) is 1.59. The Bertz CT molecular complexity index is 1100. The molecule has 0 spiro atoms. The number of rotatable bonds is 7. The molecule has 31 heavy (non-hydrogen) atoms. The summed E-state index contributed by atoms with van der Waals surface area (Å²) < 4.78 is 11.0. The van der Waals surface area contributed by atoms with E-state index in [2.05, 4.69) is 10.5 Å². The topological polar surface area (TPSA) is 77.0 Å². The molecule has 0 fully saturated rings. The van der Waals surface area contributed by atoms with E-state index in [-0.39, 0.29) is 0 Å². The van der Waals surface area contributed by atoms with Gasteiger partial charge < -0.3 is 9.47 Å². The molecule has 1 atom stereocenters. The third-order valence-corrected chi connectivity index (χ3v) is 4.55. The molecule has 0 bridgehead atoms. The number of para-hydroxylation sites is 1. The number of hydrogen-bond acceptors (Lipinski definition) is 5. The van der Waals surface area contributed by atoms with Crippen LogP contribution in [0.4, 0.5) is 0 Å². The van der Waals surface area contributed by atoms with Gasteiger partial charge in [0.05, 0.1) is 11.8 Å². The average Bonchev–Trinajstić information content (AvgIpc) is 2.75. The lowest BCUT2D eigenvalue weighted by Crippen LogP contribution is -2.33. The van der Waals surface area contributed by atoms with E-state index in [0.717, 1.165) is 0 Å². The zero-order valence-electron chi connectivity index (χ0n) is 16.4. The van der Waals surface area contributed by atoms with E-state index in [4.69, 9.17) is 32.7 Å². The Morgan fingerprint density at radius 1 is 0.968 bits per heavy atom. The maximum atomic E-state index is 12.3. The minimum Gasteiger partial charge on any atom is -0.481 e. The first-order valence-corrected chi connectivity index (χ1v) is 10.00. The number of carbonyl (C=O) groups is 2. The Kier molecular flexibility index (Phi) is 7.65. The monoisotopic (exact) mass is 456 g/mol. The summed E-state index contributed by atoms with van der Waals surface area (Å²) in [5.41, 5.74) is 3.27. The fourth-order valence-corrected chi connectivity index (χ4v) is 2.79. The molecule has 3 aromatic carbocycles. The normalized spacial score (nSPS) is 11.7. The molecule has 0 aliphatic carbocycles. The molecule has 0 heterocycles. The fourth-order valence-electron chi connectivity index (χ4n) is 2.48. The molecule has 6 nitrogen and oxygen atoms in total. The van der Waals surface area contributed by atoms with Crippen LogP contribution in [0.5, 0.6) is 11.5 Å². The van der Waals surface area contributed by atoms with E-state index in [0.29, 0.717) is 32.7 Å². The van der Waals surface area contributed by atoms with E-state index in [1.165, 1.54) is 6.21 Å². The molecular weight excluding hydrogens is 439 g/mol. The smallest absolute Gasteiger partial charge is 0.343 e. The largest absolute Gasteiger partial charge is 0.481 e. The second-order valence-electron chi connectivity index (χ2n) is 6.39. The number of ether oxygens (including phenoxy) is 2. The highest BCUT2D eigenvalue weighted by Gasteiger charge is 2.14. The molecule has 0 aromatic heterocycles.